The van der Waals surface area contributed by atoms with Crippen molar-refractivity contribution in [3.05, 3.63) is 34.7 Å². The van der Waals surface area contributed by atoms with Gasteiger partial charge in [-0.25, -0.2) is 19.9 Å². The van der Waals surface area contributed by atoms with Crippen LogP contribution in [0.25, 0.3) is 10.2 Å². The summed E-state index contributed by atoms with van der Waals surface area (Å²) < 4.78 is 0. The molecule has 1 saturated heterocycles. The second kappa shape index (κ2) is 7.84. The average Bonchev–Trinajstić information content (AvgIpc) is 3.11. The van der Waals surface area contributed by atoms with Crippen molar-refractivity contribution in [1.82, 2.24) is 24.8 Å². The van der Waals surface area contributed by atoms with E-state index in [-0.39, 0.29) is 0 Å². The second-order valence-corrected chi connectivity index (χ2v) is 9.27. The Morgan fingerprint density at radius 1 is 1.14 bits per heavy atom. The van der Waals surface area contributed by atoms with Crippen LogP contribution >= 0.6 is 11.3 Å². The molecule has 3 aromatic heterocycles. The van der Waals surface area contributed by atoms with Crippen LogP contribution in [0.2, 0.25) is 0 Å². The van der Waals surface area contributed by atoms with E-state index in [4.69, 9.17) is 10.7 Å². The Morgan fingerprint density at radius 2 is 1.93 bits per heavy atom. The molecule has 2 N–H and O–H groups in total. The summed E-state index contributed by atoms with van der Waals surface area (Å²) in [6, 6.07) is 1.85. The lowest BCUT2D eigenvalue weighted by Gasteiger charge is -2.34. The average molecular weight is 410 g/mol. The van der Waals surface area contributed by atoms with E-state index in [1.54, 1.807) is 12.4 Å². The number of aryl methyl sites for hydroxylation is 1. The van der Waals surface area contributed by atoms with Crippen LogP contribution in [-0.2, 0) is 19.3 Å². The molecule has 3 aromatic rings. The lowest BCUT2D eigenvalue weighted by atomic mass is 9.89. The fourth-order valence-electron chi connectivity index (χ4n) is 4.41. The van der Waals surface area contributed by atoms with E-state index in [0.29, 0.717) is 5.82 Å². The summed E-state index contributed by atoms with van der Waals surface area (Å²) in [6.45, 7) is 7.18. The van der Waals surface area contributed by atoms with Crippen molar-refractivity contribution in [2.75, 3.05) is 43.4 Å². The lowest BCUT2D eigenvalue weighted by molar-refractivity contribution is 0.258. The smallest absolute Gasteiger partial charge is 0.225 e. The first-order valence-electron chi connectivity index (χ1n) is 10.5. The van der Waals surface area contributed by atoms with Gasteiger partial charge in [-0.2, -0.15) is 0 Å². The Labute approximate surface area is 175 Å². The maximum atomic E-state index is 6.37. The van der Waals surface area contributed by atoms with Gasteiger partial charge in [0.1, 0.15) is 16.5 Å². The molecule has 7 nitrogen and oxygen atoms in total. The molecule has 0 amide bonds. The molecule has 5 rings (SSSR count). The van der Waals surface area contributed by atoms with E-state index in [9.17, 15) is 0 Å². The lowest BCUT2D eigenvalue weighted by Crippen LogP contribution is -2.47. The van der Waals surface area contributed by atoms with Crippen molar-refractivity contribution < 1.29 is 0 Å². The van der Waals surface area contributed by atoms with Gasteiger partial charge >= 0.3 is 0 Å². The first-order chi connectivity index (χ1) is 14.2. The number of hydrogen-bond donors (Lipinski definition) is 1. The molecule has 0 bridgehead atoms. The molecule has 0 radical (unpaired) electrons. The van der Waals surface area contributed by atoms with Crippen molar-refractivity contribution in [2.24, 2.45) is 5.92 Å². The van der Waals surface area contributed by atoms with Crippen molar-refractivity contribution in [2.45, 2.75) is 32.6 Å². The predicted molar refractivity (Wildman–Crippen MR) is 117 cm³/mol. The number of nitrogens with two attached hydrogens (primary N) is 1. The molecule has 0 aromatic carbocycles. The monoisotopic (exact) mass is 409 g/mol. The van der Waals surface area contributed by atoms with E-state index in [1.807, 2.05) is 17.4 Å². The summed E-state index contributed by atoms with van der Waals surface area (Å²) in [6.07, 6.45) is 7.94. The zero-order valence-electron chi connectivity index (χ0n) is 16.8. The third kappa shape index (κ3) is 3.79. The fraction of sp³-hybridized carbons (Fsp3) is 0.524. The van der Waals surface area contributed by atoms with Gasteiger partial charge in [-0.15, -0.1) is 11.3 Å². The molecule has 1 atom stereocenters. The minimum atomic E-state index is 0.670. The normalized spacial score (nSPS) is 20.2. The standard InChI is InChI=1S/C21H27N7S/c1-14-3-4-15-16(13-14)29-20-18(15)19(22)25-17(26-20)5-8-27-9-11-28(12-10-27)21-23-6-2-7-24-21/h2,6-7,14H,3-5,8-13H2,1H3,(H2,22,25,26)/t14-/m0/s1. The number of aromatic nitrogens is 4. The molecule has 0 unspecified atom stereocenters. The number of piperazine rings is 1. The van der Waals surface area contributed by atoms with Gasteiger partial charge in [-0.3, -0.25) is 4.90 Å². The number of anilines is 2. The molecule has 0 spiro atoms. The van der Waals surface area contributed by atoms with E-state index in [2.05, 4.69) is 31.7 Å². The van der Waals surface area contributed by atoms with E-state index >= 15 is 0 Å². The summed E-state index contributed by atoms with van der Waals surface area (Å²) >= 11 is 1.83. The third-order valence-electron chi connectivity index (χ3n) is 6.09. The largest absolute Gasteiger partial charge is 0.383 e. The predicted octanol–water partition coefficient (Wildman–Crippen LogP) is 2.55. The Hall–Kier alpha value is -2.32. The van der Waals surface area contributed by atoms with Crippen LogP contribution in [0.3, 0.4) is 0 Å². The highest BCUT2D eigenvalue weighted by molar-refractivity contribution is 7.19. The van der Waals surface area contributed by atoms with Gasteiger partial charge in [-0.05, 0) is 36.8 Å². The highest BCUT2D eigenvalue weighted by Gasteiger charge is 2.24. The van der Waals surface area contributed by atoms with Crippen molar-refractivity contribution in [3.8, 4) is 0 Å². The third-order valence-corrected chi connectivity index (χ3v) is 7.24. The molecular formula is C21H27N7S. The molecule has 8 heteroatoms. The summed E-state index contributed by atoms with van der Waals surface area (Å²) in [7, 11) is 0. The number of nitrogens with zero attached hydrogens (tertiary/aromatic N) is 6. The van der Waals surface area contributed by atoms with Crippen LogP contribution in [0.1, 0.15) is 29.6 Å². The van der Waals surface area contributed by atoms with Crippen LogP contribution in [0.15, 0.2) is 18.5 Å². The maximum Gasteiger partial charge on any atom is 0.225 e. The molecule has 4 heterocycles. The summed E-state index contributed by atoms with van der Waals surface area (Å²) in [5.74, 6) is 3.12. The molecular weight excluding hydrogens is 382 g/mol. The molecule has 1 aliphatic heterocycles. The van der Waals surface area contributed by atoms with Gasteiger partial charge in [0, 0.05) is 56.4 Å². The molecule has 0 saturated carbocycles. The zero-order chi connectivity index (χ0) is 19.8. The Kier molecular flexibility index (Phi) is 5.05. The first-order valence-corrected chi connectivity index (χ1v) is 11.3. The summed E-state index contributed by atoms with van der Waals surface area (Å²) in [5, 5.41) is 1.12. The number of nitrogen functional groups attached to an aromatic ring is 1. The number of fused-ring (bicyclic) bond motifs is 3. The van der Waals surface area contributed by atoms with Gasteiger partial charge in [0.05, 0.1) is 5.39 Å². The van der Waals surface area contributed by atoms with E-state index in [0.717, 1.165) is 79.9 Å². The number of hydrogen-bond acceptors (Lipinski definition) is 8. The van der Waals surface area contributed by atoms with Gasteiger partial charge in [0.25, 0.3) is 0 Å². The van der Waals surface area contributed by atoms with Gasteiger partial charge in [0.2, 0.25) is 5.95 Å². The number of thiophene rings is 1. The van der Waals surface area contributed by atoms with Crippen molar-refractivity contribution in [1.29, 1.82) is 0 Å². The topological polar surface area (TPSA) is 84.1 Å². The van der Waals surface area contributed by atoms with E-state index < -0.39 is 0 Å². The molecule has 1 fully saturated rings. The van der Waals surface area contributed by atoms with Crippen LogP contribution in [-0.4, -0.2) is 57.6 Å². The van der Waals surface area contributed by atoms with Gasteiger partial charge in [-0.1, -0.05) is 6.92 Å². The molecule has 152 valence electrons. The zero-order valence-corrected chi connectivity index (χ0v) is 17.7. The van der Waals surface area contributed by atoms with Crippen LogP contribution in [0.4, 0.5) is 11.8 Å². The van der Waals surface area contributed by atoms with Crippen LogP contribution in [0.5, 0.6) is 0 Å². The molecule has 29 heavy (non-hydrogen) atoms. The van der Waals surface area contributed by atoms with Crippen LogP contribution in [0, 0.1) is 5.92 Å². The second-order valence-electron chi connectivity index (χ2n) is 8.18. The minimum Gasteiger partial charge on any atom is -0.383 e. The quantitative estimate of drug-likeness (QED) is 0.709. The summed E-state index contributed by atoms with van der Waals surface area (Å²) in [5.41, 5.74) is 7.78. The summed E-state index contributed by atoms with van der Waals surface area (Å²) in [4.78, 5) is 25.5. The Morgan fingerprint density at radius 3 is 2.72 bits per heavy atom. The minimum absolute atomic E-state index is 0.670. The van der Waals surface area contributed by atoms with Crippen molar-refractivity contribution >= 4 is 33.3 Å². The Bertz CT molecular complexity index is 995. The molecule has 2 aliphatic rings. The highest BCUT2D eigenvalue weighted by atomic mass is 32.1. The first kappa shape index (κ1) is 18.7. The van der Waals surface area contributed by atoms with Crippen LogP contribution < -0.4 is 10.6 Å². The van der Waals surface area contributed by atoms with Crippen molar-refractivity contribution in [3.63, 3.8) is 0 Å². The fourth-order valence-corrected chi connectivity index (χ4v) is 5.82. The SMILES string of the molecule is C[C@H]1CCc2c(sc3nc(CCN4CCN(c5ncccn5)CC4)nc(N)c23)C1. The maximum absolute atomic E-state index is 6.37. The van der Waals surface area contributed by atoms with E-state index in [1.165, 1.54) is 16.9 Å². The van der Waals surface area contributed by atoms with Gasteiger partial charge < -0.3 is 10.6 Å². The van der Waals surface area contributed by atoms with Gasteiger partial charge in [0.15, 0.2) is 0 Å². The Balaban J connectivity index is 1.24. The number of rotatable bonds is 4. The highest BCUT2D eigenvalue weighted by Crippen LogP contribution is 2.39. The molecule has 1 aliphatic carbocycles.